The standard InChI is InChI=1S/C58H53N3O/c1-38(39-19-11-8-12-20-39)44-33-45(35-46(34-44)51-37-43(31-32-59-51)41-23-15-10-16-24-41)47-25-18-28-53-54(47)60-56(48-26-17-27-49(55(48)62)57(2,3)4)61(53)52-30-29-42(36-50(52)58(5,6)7)40-21-13-9-14-22-40/h8-38,62H,1-7H3. The summed E-state index contributed by atoms with van der Waals surface area (Å²) in [6.07, 6.45) is 1.91. The summed E-state index contributed by atoms with van der Waals surface area (Å²) < 4.78 is 2.28. The fourth-order valence-electron chi connectivity index (χ4n) is 8.77. The third-order valence-corrected chi connectivity index (χ3v) is 12.2. The summed E-state index contributed by atoms with van der Waals surface area (Å²) >= 11 is 0. The lowest BCUT2D eigenvalue weighted by atomic mass is 9.83. The Labute approximate surface area is 366 Å². The normalized spacial score (nSPS) is 12.4. The maximum atomic E-state index is 12.2. The van der Waals surface area contributed by atoms with E-state index in [1.54, 1.807) is 0 Å². The topological polar surface area (TPSA) is 50.9 Å². The SMILES string of the molecule is CC(c1ccccc1)c1cc(-c2cc(-c3ccccc3)ccn2)cc(-c2cccc3c2nc(-c2cccc(C(C)(C)C)c2O)n3-c2ccc(-c3ccccc3)cc2C(C)(C)C)c1. The molecule has 2 heterocycles. The second-order valence-electron chi connectivity index (χ2n) is 18.5. The summed E-state index contributed by atoms with van der Waals surface area (Å²) in [5, 5.41) is 12.2. The van der Waals surface area contributed by atoms with Gasteiger partial charge in [-0.3, -0.25) is 9.55 Å². The molecule has 9 aromatic rings. The number of pyridine rings is 1. The van der Waals surface area contributed by atoms with Crippen molar-refractivity contribution in [3.63, 3.8) is 0 Å². The molecular formula is C58H53N3O. The molecule has 0 saturated heterocycles. The number of fused-ring (bicyclic) bond motifs is 1. The van der Waals surface area contributed by atoms with Crippen molar-refractivity contribution >= 4 is 11.0 Å². The molecule has 62 heavy (non-hydrogen) atoms. The predicted octanol–water partition coefficient (Wildman–Crippen LogP) is 15.2. The van der Waals surface area contributed by atoms with Gasteiger partial charge in [0.25, 0.3) is 0 Å². The van der Waals surface area contributed by atoms with Gasteiger partial charge in [0.1, 0.15) is 11.6 Å². The van der Waals surface area contributed by atoms with Gasteiger partial charge in [-0.05, 0) is 109 Å². The summed E-state index contributed by atoms with van der Waals surface area (Å²) in [6.45, 7) is 15.5. The average molecular weight is 808 g/mol. The number of hydrogen-bond donors (Lipinski definition) is 1. The van der Waals surface area contributed by atoms with E-state index in [4.69, 9.17) is 9.97 Å². The fraction of sp³-hybridized carbons (Fsp3) is 0.172. The van der Waals surface area contributed by atoms with Crippen LogP contribution in [0.15, 0.2) is 182 Å². The van der Waals surface area contributed by atoms with E-state index in [1.807, 2.05) is 30.5 Å². The second kappa shape index (κ2) is 16.1. The van der Waals surface area contributed by atoms with E-state index in [-0.39, 0.29) is 22.5 Å². The molecule has 306 valence electrons. The number of rotatable bonds is 8. The quantitative estimate of drug-likeness (QED) is 0.166. The molecule has 0 radical (unpaired) electrons. The molecule has 2 aromatic heterocycles. The number of benzene rings is 7. The highest BCUT2D eigenvalue weighted by molar-refractivity contribution is 5.97. The van der Waals surface area contributed by atoms with Crippen LogP contribution < -0.4 is 0 Å². The first-order valence-electron chi connectivity index (χ1n) is 21.6. The summed E-state index contributed by atoms with van der Waals surface area (Å²) in [5.41, 5.74) is 16.1. The molecule has 0 aliphatic heterocycles. The van der Waals surface area contributed by atoms with Gasteiger partial charge in [-0.15, -0.1) is 0 Å². The van der Waals surface area contributed by atoms with Gasteiger partial charge in [0.15, 0.2) is 0 Å². The van der Waals surface area contributed by atoms with Crippen LogP contribution in [0.4, 0.5) is 0 Å². The molecule has 4 heteroatoms. The lowest BCUT2D eigenvalue weighted by Crippen LogP contribution is -2.16. The minimum atomic E-state index is -0.284. The number of phenols is 1. The van der Waals surface area contributed by atoms with Crippen molar-refractivity contribution in [1.29, 1.82) is 0 Å². The smallest absolute Gasteiger partial charge is 0.149 e. The number of aromatic hydroxyl groups is 1. The van der Waals surface area contributed by atoms with E-state index in [1.165, 1.54) is 22.3 Å². The Morgan fingerprint density at radius 3 is 1.74 bits per heavy atom. The van der Waals surface area contributed by atoms with E-state index in [9.17, 15) is 5.11 Å². The molecule has 1 N–H and O–H groups in total. The van der Waals surface area contributed by atoms with Crippen LogP contribution in [0.5, 0.6) is 5.75 Å². The largest absolute Gasteiger partial charge is 0.507 e. The minimum absolute atomic E-state index is 0.120. The summed E-state index contributed by atoms with van der Waals surface area (Å²) in [5.74, 6) is 1.07. The number of hydrogen-bond acceptors (Lipinski definition) is 3. The van der Waals surface area contributed by atoms with E-state index in [2.05, 4.69) is 205 Å². The predicted molar refractivity (Wildman–Crippen MR) is 259 cm³/mol. The molecule has 0 aliphatic rings. The van der Waals surface area contributed by atoms with Crippen molar-refractivity contribution in [3.05, 3.63) is 204 Å². The van der Waals surface area contributed by atoms with Crippen molar-refractivity contribution in [3.8, 4) is 67.5 Å². The van der Waals surface area contributed by atoms with E-state index >= 15 is 0 Å². The molecular weight excluding hydrogens is 755 g/mol. The van der Waals surface area contributed by atoms with Gasteiger partial charge in [0.05, 0.1) is 28.0 Å². The van der Waals surface area contributed by atoms with Gasteiger partial charge >= 0.3 is 0 Å². The first-order valence-corrected chi connectivity index (χ1v) is 21.6. The minimum Gasteiger partial charge on any atom is -0.507 e. The van der Waals surface area contributed by atoms with Crippen LogP contribution in [0.25, 0.3) is 72.7 Å². The van der Waals surface area contributed by atoms with Crippen molar-refractivity contribution in [2.24, 2.45) is 0 Å². The Kier molecular flexibility index (Phi) is 10.5. The summed E-state index contributed by atoms with van der Waals surface area (Å²) in [6, 6.07) is 62.2. The Hall–Kier alpha value is -7.04. The first-order chi connectivity index (χ1) is 29.8. The van der Waals surface area contributed by atoms with Crippen molar-refractivity contribution in [1.82, 2.24) is 14.5 Å². The first kappa shape index (κ1) is 40.4. The molecule has 0 spiro atoms. The van der Waals surface area contributed by atoms with Crippen LogP contribution in [0.2, 0.25) is 0 Å². The molecule has 9 rings (SSSR count). The molecule has 4 nitrogen and oxygen atoms in total. The van der Waals surface area contributed by atoms with E-state index < -0.39 is 0 Å². The van der Waals surface area contributed by atoms with Crippen molar-refractivity contribution in [2.45, 2.75) is 65.2 Å². The summed E-state index contributed by atoms with van der Waals surface area (Å²) in [7, 11) is 0. The lowest BCUT2D eigenvalue weighted by Gasteiger charge is -2.26. The zero-order chi connectivity index (χ0) is 43.2. The zero-order valence-corrected chi connectivity index (χ0v) is 36.7. The third-order valence-electron chi connectivity index (χ3n) is 12.2. The fourth-order valence-corrected chi connectivity index (χ4v) is 8.77. The number of aromatic nitrogens is 3. The Morgan fingerprint density at radius 2 is 1.08 bits per heavy atom. The van der Waals surface area contributed by atoms with Crippen LogP contribution in [-0.2, 0) is 10.8 Å². The van der Waals surface area contributed by atoms with Gasteiger partial charge in [-0.1, -0.05) is 176 Å². The van der Waals surface area contributed by atoms with Gasteiger partial charge in [0, 0.05) is 23.2 Å². The van der Waals surface area contributed by atoms with Gasteiger partial charge in [-0.2, -0.15) is 0 Å². The van der Waals surface area contributed by atoms with Crippen LogP contribution in [0, 0.1) is 0 Å². The second-order valence-corrected chi connectivity index (χ2v) is 18.5. The molecule has 0 bridgehead atoms. The van der Waals surface area contributed by atoms with Crippen LogP contribution in [0.1, 0.15) is 76.6 Å². The van der Waals surface area contributed by atoms with E-state index in [0.717, 1.165) is 61.4 Å². The highest BCUT2D eigenvalue weighted by Gasteiger charge is 2.28. The Morgan fingerprint density at radius 1 is 0.484 bits per heavy atom. The van der Waals surface area contributed by atoms with Crippen molar-refractivity contribution < 1.29 is 5.11 Å². The Bertz CT molecular complexity index is 3040. The summed E-state index contributed by atoms with van der Waals surface area (Å²) in [4.78, 5) is 10.6. The molecule has 0 aliphatic carbocycles. The molecule has 1 atom stereocenters. The van der Waals surface area contributed by atoms with Crippen LogP contribution in [0.3, 0.4) is 0 Å². The number of imidazole rings is 1. The van der Waals surface area contributed by atoms with E-state index in [0.29, 0.717) is 11.4 Å². The van der Waals surface area contributed by atoms with Crippen LogP contribution in [-0.4, -0.2) is 19.6 Å². The highest BCUT2D eigenvalue weighted by atomic mass is 16.3. The lowest BCUT2D eigenvalue weighted by molar-refractivity contribution is 0.448. The highest BCUT2D eigenvalue weighted by Crippen LogP contribution is 2.44. The Balaban J connectivity index is 1.32. The zero-order valence-electron chi connectivity index (χ0n) is 36.7. The number of para-hydroxylation sites is 2. The molecule has 0 amide bonds. The number of phenolic OH excluding ortho intramolecular Hbond substituents is 1. The average Bonchev–Trinajstić information content (AvgIpc) is 3.68. The third kappa shape index (κ3) is 7.74. The van der Waals surface area contributed by atoms with Crippen molar-refractivity contribution in [2.75, 3.05) is 0 Å². The maximum absolute atomic E-state index is 12.2. The molecule has 7 aromatic carbocycles. The maximum Gasteiger partial charge on any atom is 0.149 e. The number of nitrogens with zero attached hydrogens (tertiary/aromatic N) is 3. The van der Waals surface area contributed by atoms with Gasteiger partial charge < -0.3 is 5.11 Å². The van der Waals surface area contributed by atoms with Crippen LogP contribution >= 0.6 is 0 Å². The molecule has 0 fully saturated rings. The molecule has 1 unspecified atom stereocenters. The van der Waals surface area contributed by atoms with Gasteiger partial charge in [0.2, 0.25) is 0 Å². The molecule has 0 saturated carbocycles. The van der Waals surface area contributed by atoms with Gasteiger partial charge in [-0.25, -0.2) is 4.98 Å². The monoisotopic (exact) mass is 807 g/mol.